The third kappa shape index (κ3) is 3.49. The molecule has 1 heteroatoms. The van der Waals surface area contributed by atoms with Crippen LogP contribution in [0.25, 0.3) is 0 Å². The first-order chi connectivity index (χ1) is 6.50. The first-order valence-electron chi connectivity index (χ1n) is 5.42. The molecular formula is C13H20O. The van der Waals surface area contributed by atoms with Crippen LogP contribution in [0.5, 0.6) is 0 Å². The second-order valence-corrected chi connectivity index (χ2v) is 4.97. The average Bonchev–Trinajstić information content (AvgIpc) is 2.14. The molecule has 1 aliphatic carbocycles. The Hall–Kier alpha value is -0.850. The summed E-state index contributed by atoms with van der Waals surface area (Å²) in [5.41, 5.74) is 1.08. The molecule has 0 aliphatic heterocycles. The van der Waals surface area contributed by atoms with Gasteiger partial charge in [0.2, 0.25) is 0 Å². The SMILES string of the molecule is CC(C)(C)C(=O)C=CC1=CCCCC1. The molecule has 0 aromatic heterocycles. The van der Waals surface area contributed by atoms with Gasteiger partial charge in [0.1, 0.15) is 0 Å². The maximum absolute atomic E-state index is 11.6. The van der Waals surface area contributed by atoms with E-state index in [-0.39, 0.29) is 11.2 Å². The summed E-state index contributed by atoms with van der Waals surface area (Å²) in [4.78, 5) is 11.6. The number of carbonyl (C=O) groups excluding carboxylic acids is 1. The zero-order valence-electron chi connectivity index (χ0n) is 9.47. The maximum atomic E-state index is 11.6. The molecule has 0 spiro atoms. The van der Waals surface area contributed by atoms with E-state index in [9.17, 15) is 4.79 Å². The van der Waals surface area contributed by atoms with Gasteiger partial charge < -0.3 is 0 Å². The number of carbonyl (C=O) groups is 1. The second kappa shape index (κ2) is 4.59. The largest absolute Gasteiger partial charge is 0.294 e. The molecule has 0 N–H and O–H groups in total. The molecule has 0 saturated carbocycles. The highest BCUT2D eigenvalue weighted by Crippen LogP contribution is 2.20. The van der Waals surface area contributed by atoms with Gasteiger partial charge >= 0.3 is 0 Å². The van der Waals surface area contributed by atoms with Crippen molar-refractivity contribution >= 4 is 5.78 Å². The molecule has 1 nitrogen and oxygen atoms in total. The summed E-state index contributed by atoms with van der Waals surface area (Å²) in [6, 6.07) is 0. The Morgan fingerprint density at radius 3 is 2.57 bits per heavy atom. The fraction of sp³-hybridized carbons (Fsp3) is 0.615. The number of hydrogen-bond acceptors (Lipinski definition) is 1. The van der Waals surface area contributed by atoms with E-state index in [1.54, 1.807) is 6.08 Å². The van der Waals surface area contributed by atoms with E-state index >= 15 is 0 Å². The zero-order valence-corrected chi connectivity index (χ0v) is 9.47. The smallest absolute Gasteiger partial charge is 0.160 e. The molecule has 14 heavy (non-hydrogen) atoms. The first-order valence-corrected chi connectivity index (χ1v) is 5.42. The Balaban J connectivity index is 2.55. The van der Waals surface area contributed by atoms with Gasteiger partial charge in [0.25, 0.3) is 0 Å². The maximum Gasteiger partial charge on any atom is 0.160 e. The van der Waals surface area contributed by atoms with Gasteiger partial charge in [0.05, 0.1) is 0 Å². The standard InChI is InChI=1S/C13H20O/c1-13(2,3)12(14)10-9-11-7-5-4-6-8-11/h7,9-10H,4-6,8H2,1-3H3. The van der Waals surface area contributed by atoms with E-state index < -0.39 is 0 Å². The molecule has 0 atom stereocenters. The summed E-state index contributed by atoms with van der Waals surface area (Å²) in [5, 5.41) is 0. The van der Waals surface area contributed by atoms with Crippen molar-refractivity contribution in [3.63, 3.8) is 0 Å². The molecule has 0 radical (unpaired) electrons. The molecule has 1 rings (SSSR count). The lowest BCUT2D eigenvalue weighted by Crippen LogP contribution is -2.17. The molecule has 78 valence electrons. The number of hydrogen-bond donors (Lipinski definition) is 0. The van der Waals surface area contributed by atoms with Crippen molar-refractivity contribution in [2.45, 2.75) is 46.5 Å². The predicted molar refractivity (Wildman–Crippen MR) is 60.2 cm³/mol. The predicted octanol–water partition coefficient (Wildman–Crippen LogP) is 3.66. The highest BCUT2D eigenvalue weighted by atomic mass is 16.1. The molecule has 0 aromatic carbocycles. The number of rotatable bonds is 2. The van der Waals surface area contributed by atoms with E-state index in [0.717, 1.165) is 6.42 Å². The van der Waals surface area contributed by atoms with Gasteiger partial charge in [0.15, 0.2) is 5.78 Å². The zero-order chi connectivity index (χ0) is 10.6. The van der Waals surface area contributed by atoms with Crippen LogP contribution in [-0.2, 0) is 4.79 Å². The number of allylic oxidation sites excluding steroid dienone is 4. The van der Waals surface area contributed by atoms with Crippen molar-refractivity contribution in [3.05, 3.63) is 23.8 Å². The highest BCUT2D eigenvalue weighted by molar-refractivity contribution is 5.94. The van der Waals surface area contributed by atoms with Crippen molar-refractivity contribution in [3.8, 4) is 0 Å². The van der Waals surface area contributed by atoms with Crippen LogP contribution < -0.4 is 0 Å². The van der Waals surface area contributed by atoms with Crippen LogP contribution in [0.3, 0.4) is 0 Å². The summed E-state index contributed by atoms with van der Waals surface area (Å²) < 4.78 is 0. The minimum absolute atomic E-state index is 0.212. The van der Waals surface area contributed by atoms with Crippen molar-refractivity contribution in [2.24, 2.45) is 5.41 Å². The van der Waals surface area contributed by atoms with Crippen LogP contribution in [-0.4, -0.2) is 5.78 Å². The molecular weight excluding hydrogens is 172 g/mol. The fourth-order valence-electron chi connectivity index (χ4n) is 1.45. The van der Waals surface area contributed by atoms with Crippen molar-refractivity contribution in [1.82, 2.24) is 0 Å². The molecule has 0 aromatic rings. The summed E-state index contributed by atoms with van der Waals surface area (Å²) >= 11 is 0. The van der Waals surface area contributed by atoms with Gasteiger partial charge in [-0.2, -0.15) is 0 Å². The van der Waals surface area contributed by atoms with Gasteiger partial charge in [-0.1, -0.05) is 38.5 Å². The Morgan fingerprint density at radius 2 is 2.07 bits per heavy atom. The van der Waals surface area contributed by atoms with Crippen LogP contribution in [0.4, 0.5) is 0 Å². The third-order valence-electron chi connectivity index (χ3n) is 2.51. The van der Waals surface area contributed by atoms with Gasteiger partial charge in [-0.15, -0.1) is 0 Å². The molecule has 0 heterocycles. The van der Waals surface area contributed by atoms with Crippen LogP contribution in [0, 0.1) is 5.41 Å². The Labute approximate surface area is 86.9 Å². The van der Waals surface area contributed by atoms with Crippen molar-refractivity contribution < 1.29 is 4.79 Å². The summed E-state index contributed by atoms with van der Waals surface area (Å²) in [6.45, 7) is 5.86. The van der Waals surface area contributed by atoms with Gasteiger partial charge in [0, 0.05) is 5.41 Å². The van der Waals surface area contributed by atoms with Crippen LogP contribution >= 0.6 is 0 Å². The quantitative estimate of drug-likeness (QED) is 0.610. The molecule has 0 bridgehead atoms. The second-order valence-electron chi connectivity index (χ2n) is 4.97. The van der Waals surface area contributed by atoms with Crippen molar-refractivity contribution in [1.29, 1.82) is 0 Å². The summed E-state index contributed by atoms with van der Waals surface area (Å²) in [7, 11) is 0. The Bertz CT molecular complexity index is 263. The Kier molecular flexibility index (Phi) is 3.68. The van der Waals surface area contributed by atoms with Gasteiger partial charge in [-0.05, 0) is 31.8 Å². The lowest BCUT2D eigenvalue weighted by atomic mass is 9.89. The van der Waals surface area contributed by atoms with Crippen LogP contribution in [0.2, 0.25) is 0 Å². The first kappa shape index (κ1) is 11.2. The fourth-order valence-corrected chi connectivity index (χ4v) is 1.45. The topological polar surface area (TPSA) is 17.1 Å². The third-order valence-corrected chi connectivity index (χ3v) is 2.51. The number of ketones is 1. The minimum Gasteiger partial charge on any atom is -0.294 e. The minimum atomic E-state index is -0.244. The summed E-state index contributed by atoms with van der Waals surface area (Å²) in [6.07, 6.45) is 10.8. The average molecular weight is 192 g/mol. The van der Waals surface area contributed by atoms with E-state index in [1.165, 1.54) is 24.8 Å². The van der Waals surface area contributed by atoms with Crippen LogP contribution in [0.15, 0.2) is 23.8 Å². The summed E-state index contributed by atoms with van der Waals surface area (Å²) in [5.74, 6) is 0.212. The molecule has 1 aliphatic rings. The molecule has 0 amide bonds. The van der Waals surface area contributed by atoms with E-state index in [2.05, 4.69) is 6.08 Å². The molecule has 0 saturated heterocycles. The van der Waals surface area contributed by atoms with E-state index in [4.69, 9.17) is 0 Å². The van der Waals surface area contributed by atoms with Gasteiger partial charge in [-0.3, -0.25) is 4.79 Å². The Morgan fingerprint density at radius 1 is 1.36 bits per heavy atom. The van der Waals surface area contributed by atoms with Crippen LogP contribution in [0.1, 0.15) is 46.5 Å². The van der Waals surface area contributed by atoms with E-state index in [0.29, 0.717) is 0 Å². The highest BCUT2D eigenvalue weighted by Gasteiger charge is 2.17. The lowest BCUT2D eigenvalue weighted by Gasteiger charge is -2.13. The molecule has 0 unspecified atom stereocenters. The van der Waals surface area contributed by atoms with Gasteiger partial charge in [-0.25, -0.2) is 0 Å². The van der Waals surface area contributed by atoms with E-state index in [1.807, 2.05) is 26.8 Å². The normalized spacial score (nSPS) is 18.4. The lowest BCUT2D eigenvalue weighted by molar-refractivity contribution is -0.121. The van der Waals surface area contributed by atoms with Crippen molar-refractivity contribution in [2.75, 3.05) is 0 Å². The molecule has 0 fully saturated rings. The monoisotopic (exact) mass is 192 g/mol.